The molecule has 22 heavy (non-hydrogen) atoms. The number of hydrogen-bond donors (Lipinski definition) is 0. The normalized spacial score (nSPS) is 13.2. The molecule has 0 unspecified atom stereocenters. The SMILES string of the molecule is COC(=O)[C@H](C)OC(=O)c1cncn1[C@H](C)c1ccccc1. The maximum Gasteiger partial charge on any atom is 0.357 e. The minimum absolute atomic E-state index is 0.0836. The highest BCUT2D eigenvalue weighted by atomic mass is 16.6. The second-order valence-corrected chi connectivity index (χ2v) is 4.84. The van der Waals surface area contributed by atoms with Gasteiger partial charge in [0.05, 0.1) is 25.7 Å². The lowest BCUT2D eigenvalue weighted by atomic mass is 10.1. The molecule has 0 fully saturated rings. The quantitative estimate of drug-likeness (QED) is 0.792. The van der Waals surface area contributed by atoms with Crippen molar-refractivity contribution in [3.63, 3.8) is 0 Å². The Labute approximate surface area is 128 Å². The summed E-state index contributed by atoms with van der Waals surface area (Å²) in [5, 5.41) is 0. The van der Waals surface area contributed by atoms with Crippen LogP contribution in [0.5, 0.6) is 0 Å². The first-order chi connectivity index (χ1) is 10.5. The number of imidazole rings is 1. The van der Waals surface area contributed by atoms with Crippen molar-refractivity contribution in [2.75, 3.05) is 7.11 Å². The Bertz CT molecular complexity index is 651. The van der Waals surface area contributed by atoms with Crippen molar-refractivity contribution in [3.8, 4) is 0 Å². The van der Waals surface area contributed by atoms with Gasteiger partial charge in [0.2, 0.25) is 0 Å². The van der Waals surface area contributed by atoms with Gasteiger partial charge in [0.15, 0.2) is 6.10 Å². The van der Waals surface area contributed by atoms with E-state index in [4.69, 9.17) is 4.74 Å². The van der Waals surface area contributed by atoms with E-state index < -0.39 is 18.0 Å². The first-order valence-corrected chi connectivity index (χ1v) is 6.90. The van der Waals surface area contributed by atoms with Crippen molar-refractivity contribution < 1.29 is 19.1 Å². The van der Waals surface area contributed by atoms with Gasteiger partial charge >= 0.3 is 11.9 Å². The molecule has 0 aliphatic heterocycles. The van der Waals surface area contributed by atoms with E-state index >= 15 is 0 Å². The summed E-state index contributed by atoms with van der Waals surface area (Å²) >= 11 is 0. The molecule has 116 valence electrons. The fourth-order valence-corrected chi connectivity index (χ4v) is 2.10. The molecule has 0 bridgehead atoms. The number of carbonyl (C=O) groups is 2. The third-order valence-electron chi connectivity index (χ3n) is 3.39. The number of benzene rings is 1. The first-order valence-electron chi connectivity index (χ1n) is 6.90. The van der Waals surface area contributed by atoms with Crippen molar-refractivity contribution in [3.05, 3.63) is 54.1 Å². The molecule has 2 rings (SSSR count). The summed E-state index contributed by atoms with van der Waals surface area (Å²) in [6, 6.07) is 9.64. The van der Waals surface area contributed by atoms with E-state index in [1.165, 1.54) is 20.2 Å². The van der Waals surface area contributed by atoms with Crippen molar-refractivity contribution in [1.82, 2.24) is 9.55 Å². The standard InChI is InChI=1S/C16H18N2O4/c1-11(13-7-5-4-6-8-13)18-10-17-9-14(18)16(20)22-12(2)15(19)21-3/h4-12H,1-3H3/t11-,12+/m1/s1. The van der Waals surface area contributed by atoms with Gasteiger partial charge in [0.1, 0.15) is 5.69 Å². The van der Waals surface area contributed by atoms with Crippen LogP contribution in [0, 0.1) is 0 Å². The smallest absolute Gasteiger partial charge is 0.357 e. The van der Waals surface area contributed by atoms with Crippen LogP contribution in [0.4, 0.5) is 0 Å². The summed E-state index contributed by atoms with van der Waals surface area (Å²) in [6.07, 6.45) is 2.02. The Hall–Kier alpha value is -2.63. The van der Waals surface area contributed by atoms with E-state index in [1.54, 1.807) is 10.9 Å². The molecule has 0 amide bonds. The molecular formula is C16H18N2O4. The minimum atomic E-state index is -0.965. The predicted octanol–water partition coefficient (Wildman–Crippen LogP) is 2.21. The molecule has 1 aromatic heterocycles. The Morgan fingerprint density at radius 3 is 2.50 bits per heavy atom. The summed E-state index contributed by atoms with van der Waals surface area (Å²) in [6.45, 7) is 3.42. The van der Waals surface area contributed by atoms with E-state index in [0.717, 1.165) is 5.56 Å². The third kappa shape index (κ3) is 3.33. The molecule has 6 nitrogen and oxygen atoms in total. The van der Waals surface area contributed by atoms with Gasteiger partial charge in [-0.15, -0.1) is 0 Å². The molecule has 0 aliphatic carbocycles. The van der Waals surface area contributed by atoms with Gasteiger partial charge in [-0.2, -0.15) is 0 Å². The average Bonchev–Trinajstić information content (AvgIpc) is 3.03. The van der Waals surface area contributed by atoms with Crippen LogP contribution in [-0.4, -0.2) is 34.7 Å². The average molecular weight is 302 g/mol. The number of nitrogens with zero attached hydrogens (tertiary/aromatic N) is 2. The number of esters is 2. The van der Waals surface area contributed by atoms with Gasteiger partial charge in [-0.25, -0.2) is 14.6 Å². The highest BCUT2D eigenvalue weighted by Crippen LogP contribution is 2.20. The second-order valence-electron chi connectivity index (χ2n) is 4.84. The fourth-order valence-electron chi connectivity index (χ4n) is 2.10. The molecule has 2 aromatic rings. The molecule has 0 saturated carbocycles. The Kier molecular flexibility index (Phi) is 4.93. The number of ether oxygens (including phenoxy) is 2. The molecule has 0 N–H and O–H groups in total. The summed E-state index contributed by atoms with van der Waals surface area (Å²) < 4.78 is 11.3. The molecule has 1 heterocycles. The lowest BCUT2D eigenvalue weighted by molar-refractivity contribution is -0.149. The van der Waals surface area contributed by atoms with Crippen molar-refractivity contribution >= 4 is 11.9 Å². The highest BCUT2D eigenvalue weighted by Gasteiger charge is 2.23. The van der Waals surface area contributed by atoms with Crippen LogP contribution in [-0.2, 0) is 14.3 Å². The summed E-state index contributed by atoms with van der Waals surface area (Å²) in [5.74, 6) is -1.21. The fraction of sp³-hybridized carbons (Fsp3) is 0.312. The van der Waals surface area contributed by atoms with Gasteiger partial charge in [-0.3, -0.25) is 0 Å². The minimum Gasteiger partial charge on any atom is -0.466 e. The van der Waals surface area contributed by atoms with Crippen LogP contribution < -0.4 is 0 Å². The van der Waals surface area contributed by atoms with Gasteiger partial charge in [-0.1, -0.05) is 30.3 Å². The van der Waals surface area contributed by atoms with E-state index in [0.29, 0.717) is 0 Å². The zero-order chi connectivity index (χ0) is 16.1. The van der Waals surface area contributed by atoms with Gasteiger partial charge in [0.25, 0.3) is 0 Å². The highest BCUT2D eigenvalue weighted by molar-refractivity contribution is 5.89. The lowest BCUT2D eigenvalue weighted by Crippen LogP contribution is -2.26. The van der Waals surface area contributed by atoms with Crippen LogP contribution in [0.25, 0.3) is 0 Å². The summed E-state index contributed by atoms with van der Waals surface area (Å²) in [4.78, 5) is 27.5. The van der Waals surface area contributed by atoms with E-state index in [2.05, 4.69) is 9.72 Å². The van der Waals surface area contributed by atoms with Gasteiger partial charge in [-0.05, 0) is 19.4 Å². The Morgan fingerprint density at radius 1 is 1.18 bits per heavy atom. The number of rotatable bonds is 5. The van der Waals surface area contributed by atoms with Crippen LogP contribution in [0.3, 0.4) is 0 Å². The van der Waals surface area contributed by atoms with Crippen LogP contribution in [0.2, 0.25) is 0 Å². The Morgan fingerprint density at radius 2 is 1.86 bits per heavy atom. The molecular weight excluding hydrogens is 284 g/mol. The Balaban J connectivity index is 2.19. The van der Waals surface area contributed by atoms with Gasteiger partial charge in [0, 0.05) is 0 Å². The van der Waals surface area contributed by atoms with E-state index in [1.807, 2.05) is 37.3 Å². The zero-order valence-electron chi connectivity index (χ0n) is 12.7. The number of methoxy groups -OCH3 is 1. The monoisotopic (exact) mass is 302 g/mol. The molecule has 0 aliphatic rings. The van der Waals surface area contributed by atoms with E-state index in [-0.39, 0.29) is 11.7 Å². The second kappa shape index (κ2) is 6.89. The molecule has 0 radical (unpaired) electrons. The molecule has 2 atom stereocenters. The molecule has 0 saturated heterocycles. The van der Waals surface area contributed by atoms with Crippen LogP contribution in [0.15, 0.2) is 42.9 Å². The van der Waals surface area contributed by atoms with Crippen LogP contribution >= 0.6 is 0 Å². The number of aromatic nitrogens is 2. The topological polar surface area (TPSA) is 70.4 Å². The first kappa shape index (κ1) is 15.8. The van der Waals surface area contributed by atoms with Crippen molar-refractivity contribution in [2.45, 2.75) is 26.0 Å². The maximum absolute atomic E-state index is 12.2. The molecule has 6 heteroatoms. The summed E-state index contributed by atoms with van der Waals surface area (Å²) in [7, 11) is 1.24. The predicted molar refractivity (Wildman–Crippen MR) is 79.4 cm³/mol. The largest absolute Gasteiger partial charge is 0.466 e. The van der Waals surface area contributed by atoms with E-state index in [9.17, 15) is 9.59 Å². The zero-order valence-corrected chi connectivity index (χ0v) is 12.7. The van der Waals surface area contributed by atoms with Gasteiger partial charge < -0.3 is 14.0 Å². The van der Waals surface area contributed by atoms with Crippen LogP contribution in [0.1, 0.15) is 35.9 Å². The summed E-state index contributed by atoms with van der Waals surface area (Å²) in [5.41, 5.74) is 1.32. The lowest BCUT2D eigenvalue weighted by Gasteiger charge is -2.17. The third-order valence-corrected chi connectivity index (χ3v) is 3.39. The van der Waals surface area contributed by atoms with Crippen molar-refractivity contribution in [2.24, 2.45) is 0 Å². The number of carbonyl (C=O) groups excluding carboxylic acids is 2. The molecule has 1 aromatic carbocycles. The number of hydrogen-bond acceptors (Lipinski definition) is 5. The van der Waals surface area contributed by atoms with Crippen molar-refractivity contribution in [1.29, 1.82) is 0 Å². The molecule has 0 spiro atoms. The maximum atomic E-state index is 12.2.